The zero-order chi connectivity index (χ0) is 17.6. The highest BCUT2D eigenvalue weighted by atomic mass is 16.6. The largest absolute Gasteiger partial charge is 0.464 e. The Balaban J connectivity index is 1.58. The highest BCUT2D eigenvalue weighted by Crippen LogP contribution is 2.26. The molecule has 0 atom stereocenters. The van der Waals surface area contributed by atoms with Gasteiger partial charge in [-0.15, -0.1) is 0 Å². The average Bonchev–Trinajstić information content (AvgIpc) is 3.10. The second-order valence-corrected chi connectivity index (χ2v) is 6.05. The van der Waals surface area contributed by atoms with Gasteiger partial charge in [-0.3, -0.25) is 14.9 Å². The Morgan fingerprint density at radius 1 is 1.28 bits per heavy atom. The fraction of sp³-hybridized carbons (Fsp3) is 0.412. The monoisotopic (exact) mass is 344 g/mol. The molecule has 3 rings (SSSR count). The van der Waals surface area contributed by atoms with Crippen LogP contribution in [0.25, 0.3) is 0 Å². The molecule has 1 saturated carbocycles. The second-order valence-electron chi connectivity index (χ2n) is 6.05. The van der Waals surface area contributed by atoms with Crippen LogP contribution in [0.2, 0.25) is 0 Å². The summed E-state index contributed by atoms with van der Waals surface area (Å²) in [5.74, 6) is -0.0347. The van der Waals surface area contributed by atoms with Crippen LogP contribution in [0.15, 0.2) is 36.5 Å². The molecule has 132 valence electrons. The summed E-state index contributed by atoms with van der Waals surface area (Å²) < 4.78 is 6.89. The number of benzene rings is 1. The van der Waals surface area contributed by atoms with Gasteiger partial charge in [0.2, 0.25) is 0 Å². The molecule has 1 fully saturated rings. The molecule has 8 heteroatoms. The first kappa shape index (κ1) is 16.9. The standard InChI is InChI=1S/C17H20N4O4/c22-17(18-13-6-2-1-3-7-13)14-10-11-20(19-14)12-25-16-9-5-4-8-15(16)21(23)24/h4-5,8-11,13H,1-3,6-7,12H2,(H,18,22). The lowest BCUT2D eigenvalue weighted by atomic mass is 9.95. The first-order valence-electron chi connectivity index (χ1n) is 8.34. The van der Waals surface area contributed by atoms with Crippen LogP contribution < -0.4 is 10.1 Å². The van der Waals surface area contributed by atoms with Gasteiger partial charge in [0.1, 0.15) is 5.69 Å². The lowest BCUT2D eigenvalue weighted by molar-refractivity contribution is -0.386. The molecule has 0 radical (unpaired) electrons. The van der Waals surface area contributed by atoms with Crippen molar-refractivity contribution in [3.8, 4) is 5.75 Å². The summed E-state index contributed by atoms with van der Waals surface area (Å²) >= 11 is 0. The summed E-state index contributed by atoms with van der Waals surface area (Å²) in [6.07, 6.45) is 7.14. The van der Waals surface area contributed by atoms with Crippen molar-refractivity contribution >= 4 is 11.6 Å². The molecular formula is C17H20N4O4. The predicted molar refractivity (Wildman–Crippen MR) is 90.3 cm³/mol. The van der Waals surface area contributed by atoms with Crippen molar-refractivity contribution in [3.63, 3.8) is 0 Å². The highest BCUT2D eigenvalue weighted by molar-refractivity contribution is 5.92. The molecule has 0 bridgehead atoms. The zero-order valence-corrected chi connectivity index (χ0v) is 13.8. The Morgan fingerprint density at radius 2 is 2.04 bits per heavy atom. The van der Waals surface area contributed by atoms with Crippen molar-refractivity contribution in [2.45, 2.75) is 44.9 Å². The van der Waals surface area contributed by atoms with Crippen LogP contribution in [0, 0.1) is 10.1 Å². The van der Waals surface area contributed by atoms with E-state index >= 15 is 0 Å². The number of carbonyl (C=O) groups is 1. The summed E-state index contributed by atoms with van der Waals surface area (Å²) in [5, 5.41) is 18.1. The predicted octanol–water partition coefficient (Wildman–Crippen LogP) is 2.89. The molecule has 1 amide bonds. The third-order valence-corrected chi connectivity index (χ3v) is 4.23. The molecule has 0 spiro atoms. The first-order valence-corrected chi connectivity index (χ1v) is 8.34. The lowest BCUT2D eigenvalue weighted by Gasteiger charge is -2.22. The smallest absolute Gasteiger partial charge is 0.311 e. The van der Waals surface area contributed by atoms with Gasteiger partial charge >= 0.3 is 5.69 Å². The van der Waals surface area contributed by atoms with Crippen LogP contribution in [-0.4, -0.2) is 26.7 Å². The van der Waals surface area contributed by atoms with E-state index in [1.807, 2.05) is 0 Å². The number of amides is 1. The fourth-order valence-electron chi connectivity index (χ4n) is 2.93. The van der Waals surface area contributed by atoms with Crippen LogP contribution >= 0.6 is 0 Å². The van der Waals surface area contributed by atoms with Gasteiger partial charge in [-0.05, 0) is 25.0 Å². The van der Waals surface area contributed by atoms with Crippen LogP contribution in [0.4, 0.5) is 5.69 Å². The summed E-state index contributed by atoms with van der Waals surface area (Å²) in [5.41, 5.74) is 0.210. The van der Waals surface area contributed by atoms with Crippen molar-refractivity contribution in [3.05, 3.63) is 52.3 Å². The zero-order valence-electron chi connectivity index (χ0n) is 13.8. The van der Waals surface area contributed by atoms with Crippen LogP contribution in [0.3, 0.4) is 0 Å². The molecule has 0 saturated heterocycles. The van der Waals surface area contributed by atoms with Crippen molar-refractivity contribution in [2.24, 2.45) is 0 Å². The van der Waals surface area contributed by atoms with Crippen molar-refractivity contribution in [1.29, 1.82) is 0 Å². The number of nitrogens with one attached hydrogen (secondary N) is 1. The Labute approximate surface area is 144 Å². The molecule has 2 aromatic rings. The van der Waals surface area contributed by atoms with Crippen molar-refractivity contribution < 1.29 is 14.5 Å². The minimum atomic E-state index is -0.499. The van der Waals surface area contributed by atoms with E-state index in [0.717, 1.165) is 25.7 Å². The lowest BCUT2D eigenvalue weighted by Crippen LogP contribution is -2.36. The Morgan fingerprint density at radius 3 is 2.80 bits per heavy atom. The quantitative estimate of drug-likeness (QED) is 0.641. The van der Waals surface area contributed by atoms with Gasteiger partial charge in [-0.2, -0.15) is 5.10 Å². The molecule has 0 unspecified atom stereocenters. The number of hydrogen-bond donors (Lipinski definition) is 1. The van der Waals surface area contributed by atoms with E-state index in [0.29, 0.717) is 5.69 Å². The maximum absolute atomic E-state index is 12.2. The second kappa shape index (κ2) is 7.78. The molecule has 8 nitrogen and oxygen atoms in total. The van der Waals surface area contributed by atoms with E-state index in [-0.39, 0.29) is 30.1 Å². The summed E-state index contributed by atoms with van der Waals surface area (Å²) in [4.78, 5) is 22.7. The molecule has 1 aliphatic carbocycles. The summed E-state index contributed by atoms with van der Waals surface area (Å²) in [7, 11) is 0. The van der Waals surface area contributed by atoms with Crippen molar-refractivity contribution in [2.75, 3.05) is 0 Å². The molecule has 1 aliphatic rings. The molecule has 25 heavy (non-hydrogen) atoms. The fourth-order valence-corrected chi connectivity index (χ4v) is 2.93. The minimum Gasteiger partial charge on any atom is -0.464 e. The summed E-state index contributed by atoms with van der Waals surface area (Å²) in [6, 6.07) is 7.97. The van der Waals surface area contributed by atoms with Crippen LogP contribution in [0.1, 0.15) is 42.6 Å². The average molecular weight is 344 g/mol. The van der Waals surface area contributed by atoms with Crippen LogP contribution in [-0.2, 0) is 6.73 Å². The van der Waals surface area contributed by atoms with E-state index < -0.39 is 4.92 Å². The first-order chi connectivity index (χ1) is 12.1. The van der Waals surface area contributed by atoms with E-state index in [9.17, 15) is 14.9 Å². The molecule has 1 heterocycles. The number of para-hydroxylation sites is 2. The Hall–Kier alpha value is -2.90. The highest BCUT2D eigenvalue weighted by Gasteiger charge is 2.18. The number of ether oxygens (including phenoxy) is 1. The molecule has 1 aromatic heterocycles. The van der Waals surface area contributed by atoms with Crippen molar-refractivity contribution in [1.82, 2.24) is 15.1 Å². The van der Waals surface area contributed by atoms with Gasteiger partial charge in [0.25, 0.3) is 5.91 Å². The molecule has 1 N–H and O–H groups in total. The normalized spacial score (nSPS) is 14.9. The number of nitro groups is 1. The van der Waals surface area contributed by atoms with Gasteiger partial charge in [0, 0.05) is 18.3 Å². The molecule has 1 aromatic carbocycles. The Bertz CT molecular complexity index is 753. The van der Waals surface area contributed by atoms with Gasteiger partial charge in [-0.1, -0.05) is 31.4 Å². The third kappa shape index (κ3) is 4.34. The third-order valence-electron chi connectivity index (χ3n) is 4.23. The number of nitro benzene ring substituents is 1. The van der Waals surface area contributed by atoms with Gasteiger partial charge in [0.15, 0.2) is 12.5 Å². The molecular weight excluding hydrogens is 324 g/mol. The number of hydrogen-bond acceptors (Lipinski definition) is 5. The van der Waals surface area contributed by atoms with Crippen LogP contribution in [0.5, 0.6) is 5.75 Å². The number of rotatable bonds is 6. The number of aromatic nitrogens is 2. The molecule has 0 aliphatic heterocycles. The topological polar surface area (TPSA) is 99.3 Å². The Kier molecular flexibility index (Phi) is 5.27. The van der Waals surface area contributed by atoms with Gasteiger partial charge < -0.3 is 10.1 Å². The van der Waals surface area contributed by atoms with E-state index in [4.69, 9.17) is 4.74 Å². The number of nitrogens with zero attached hydrogens (tertiary/aromatic N) is 3. The van der Waals surface area contributed by atoms with E-state index in [1.165, 1.54) is 23.2 Å². The maximum Gasteiger partial charge on any atom is 0.311 e. The van der Waals surface area contributed by atoms with E-state index in [2.05, 4.69) is 10.4 Å². The number of carbonyl (C=O) groups excluding carboxylic acids is 1. The SMILES string of the molecule is O=C(NC1CCCCC1)c1ccn(COc2ccccc2[N+](=O)[O-])n1. The summed E-state index contributed by atoms with van der Waals surface area (Å²) in [6.45, 7) is -0.0123. The maximum atomic E-state index is 12.2. The minimum absolute atomic E-state index is 0.0123. The van der Waals surface area contributed by atoms with Gasteiger partial charge in [-0.25, -0.2) is 4.68 Å². The van der Waals surface area contributed by atoms with E-state index in [1.54, 1.807) is 24.4 Å². The van der Waals surface area contributed by atoms with Gasteiger partial charge in [0.05, 0.1) is 4.92 Å².